The minimum Gasteiger partial charge on any atom is -0.444 e. The summed E-state index contributed by atoms with van der Waals surface area (Å²) in [7, 11) is 0. The van der Waals surface area contributed by atoms with Gasteiger partial charge < -0.3 is 10.5 Å². The van der Waals surface area contributed by atoms with Crippen molar-refractivity contribution in [1.29, 1.82) is 0 Å². The number of benzene rings is 1. The van der Waals surface area contributed by atoms with Crippen LogP contribution in [0, 0.1) is 0 Å². The van der Waals surface area contributed by atoms with E-state index in [0.29, 0.717) is 11.3 Å². The Labute approximate surface area is 136 Å². The lowest BCUT2D eigenvalue weighted by Crippen LogP contribution is -2.27. The average molecular weight is 342 g/mol. The van der Waals surface area contributed by atoms with Crippen molar-refractivity contribution < 1.29 is 22.7 Å². The molecule has 0 saturated heterocycles. The number of halogens is 3. The van der Waals surface area contributed by atoms with Crippen molar-refractivity contribution in [1.82, 2.24) is 10.2 Å². The Balaban J connectivity index is 2.42. The molecule has 2 aromatic rings. The Morgan fingerprint density at radius 2 is 1.92 bits per heavy atom. The van der Waals surface area contributed by atoms with Crippen molar-refractivity contribution >= 4 is 17.6 Å². The van der Waals surface area contributed by atoms with Gasteiger partial charge in [0.2, 0.25) is 0 Å². The second-order valence-electron chi connectivity index (χ2n) is 6.09. The first-order chi connectivity index (χ1) is 11.0. The quantitative estimate of drug-likeness (QED) is 0.768. The van der Waals surface area contributed by atoms with Gasteiger partial charge in [-0.2, -0.15) is 18.3 Å². The van der Waals surface area contributed by atoms with Gasteiger partial charge in [-0.15, -0.1) is 0 Å². The second kappa shape index (κ2) is 6.06. The average Bonchev–Trinajstić information content (AvgIpc) is 2.81. The molecule has 2 rings (SSSR count). The lowest BCUT2D eigenvalue weighted by atomic mass is 10.1. The van der Waals surface area contributed by atoms with Gasteiger partial charge in [0, 0.05) is 11.6 Å². The largest absolute Gasteiger partial charge is 0.444 e. The van der Waals surface area contributed by atoms with Gasteiger partial charge in [-0.05, 0) is 32.9 Å². The van der Waals surface area contributed by atoms with Crippen LogP contribution in [0.2, 0.25) is 0 Å². The fourth-order valence-corrected chi connectivity index (χ4v) is 1.95. The standard InChI is InChI=1S/C15H17F3N4O2/c1-14(2,3)24-13(23)20-10-6-8(15(16,17)18)4-5-9(10)11-7-12(19)22-21-11/h4-7H,1-3H3,(H,20,23)(H3,19,21,22). The first-order valence-electron chi connectivity index (χ1n) is 6.98. The molecule has 0 fully saturated rings. The molecule has 4 N–H and O–H groups in total. The number of H-pyrrole nitrogens is 1. The van der Waals surface area contributed by atoms with Crippen molar-refractivity contribution in [2.75, 3.05) is 11.1 Å². The van der Waals surface area contributed by atoms with Crippen molar-refractivity contribution in [3.63, 3.8) is 0 Å². The van der Waals surface area contributed by atoms with Crippen LogP contribution in [0.5, 0.6) is 0 Å². The predicted octanol–water partition coefficient (Wildman–Crippen LogP) is 4.02. The van der Waals surface area contributed by atoms with Crippen LogP contribution in [0.4, 0.5) is 29.5 Å². The molecule has 1 heterocycles. The number of hydrogen-bond donors (Lipinski definition) is 3. The number of aromatic nitrogens is 2. The molecule has 0 bridgehead atoms. The molecule has 0 aliphatic carbocycles. The molecule has 0 aliphatic heterocycles. The monoisotopic (exact) mass is 342 g/mol. The molecule has 0 saturated carbocycles. The van der Waals surface area contributed by atoms with Crippen molar-refractivity contribution in [2.24, 2.45) is 0 Å². The molecule has 130 valence electrons. The number of ether oxygens (including phenoxy) is 1. The lowest BCUT2D eigenvalue weighted by molar-refractivity contribution is -0.137. The zero-order valence-corrected chi connectivity index (χ0v) is 13.3. The van der Waals surface area contributed by atoms with Gasteiger partial charge in [0.25, 0.3) is 0 Å². The molecule has 0 aliphatic rings. The summed E-state index contributed by atoms with van der Waals surface area (Å²) in [5.41, 5.74) is 4.43. The third-order valence-electron chi connectivity index (χ3n) is 2.87. The molecule has 9 heteroatoms. The summed E-state index contributed by atoms with van der Waals surface area (Å²) in [6.45, 7) is 4.94. The molecule has 6 nitrogen and oxygen atoms in total. The number of carbonyl (C=O) groups is 1. The fourth-order valence-electron chi connectivity index (χ4n) is 1.95. The molecule has 0 radical (unpaired) electrons. The number of aromatic amines is 1. The van der Waals surface area contributed by atoms with Gasteiger partial charge in [0.15, 0.2) is 0 Å². The number of carbonyl (C=O) groups excluding carboxylic acids is 1. The van der Waals surface area contributed by atoms with E-state index in [1.807, 2.05) is 0 Å². The maximum absolute atomic E-state index is 12.9. The Kier molecular flexibility index (Phi) is 4.46. The highest BCUT2D eigenvalue weighted by molar-refractivity contribution is 5.91. The molecular formula is C15H17F3N4O2. The number of amides is 1. The number of nitrogens with zero attached hydrogens (tertiary/aromatic N) is 1. The van der Waals surface area contributed by atoms with Gasteiger partial charge in [-0.3, -0.25) is 10.4 Å². The first-order valence-corrected chi connectivity index (χ1v) is 6.98. The number of nitrogen functional groups attached to an aromatic ring is 1. The number of nitrogens with two attached hydrogens (primary N) is 1. The van der Waals surface area contributed by atoms with E-state index in [2.05, 4.69) is 15.5 Å². The molecule has 1 aromatic carbocycles. The van der Waals surface area contributed by atoms with Crippen molar-refractivity contribution in [2.45, 2.75) is 32.5 Å². The third kappa shape index (κ3) is 4.40. The minimum absolute atomic E-state index is 0.0669. The molecule has 1 aromatic heterocycles. The van der Waals surface area contributed by atoms with E-state index < -0.39 is 23.4 Å². The first kappa shape index (κ1) is 17.6. The van der Waals surface area contributed by atoms with E-state index in [9.17, 15) is 18.0 Å². The Hall–Kier alpha value is -2.71. The number of hydrogen-bond acceptors (Lipinski definition) is 4. The Morgan fingerprint density at radius 1 is 1.25 bits per heavy atom. The van der Waals surface area contributed by atoms with Crippen LogP contribution in [-0.4, -0.2) is 21.9 Å². The van der Waals surface area contributed by atoms with Crippen LogP contribution in [0.3, 0.4) is 0 Å². The minimum atomic E-state index is -4.55. The van der Waals surface area contributed by atoms with Crippen LogP contribution < -0.4 is 11.1 Å². The van der Waals surface area contributed by atoms with Gasteiger partial charge in [-0.25, -0.2) is 4.79 Å². The zero-order valence-electron chi connectivity index (χ0n) is 13.3. The van der Waals surface area contributed by atoms with E-state index in [1.54, 1.807) is 20.8 Å². The molecule has 24 heavy (non-hydrogen) atoms. The molecule has 1 amide bonds. The molecular weight excluding hydrogens is 325 g/mol. The summed E-state index contributed by atoms with van der Waals surface area (Å²) in [6.07, 6.45) is -5.41. The summed E-state index contributed by atoms with van der Waals surface area (Å²) in [5, 5.41) is 8.66. The van der Waals surface area contributed by atoms with Gasteiger partial charge in [0.1, 0.15) is 11.4 Å². The maximum Gasteiger partial charge on any atom is 0.416 e. The summed E-state index contributed by atoms with van der Waals surface area (Å²) < 4.78 is 43.9. The molecule has 0 spiro atoms. The van der Waals surface area contributed by atoms with Crippen molar-refractivity contribution in [3.8, 4) is 11.3 Å². The highest BCUT2D eigenvalue weighted by Crippen LogP contribution is 2.35. The topological polar surface area (TPSA) is 93.0 Å². The number of nitrogens with one attached hydrogen (secondary N) is 2. The van der Waals surface area contributed by atoms with E-state index in [0.717, 1.165) is 12.1 Å². The van der Waals surface area contributed by atoms with Gasteiger partial charge in [0.05, 0.1) is 16.9 Å². The number of rotatable bonds is 2. The van der Waals surface area contributed by atoms with E-state index >= 15 is 0 Å². The van der Waals surface area contributed by atoms with Crippen LogP contribution >= 0.6 is 0 Å². The SMILES string of the molecule is CC(C)(C)OC(=O)Nc1cc(C(F)(F)F)ccc1-c1cc(N)n[nH]1. The summed E-state index contributed by atoms with van der Waals surface area (Å²) >= 11 is 0. The van der Waals surface area contributed by atoms with E-state index in [1.165, 1.54) is 12.1 Å². The molecule has 0 unspecified atom stereocenters. The van der Waals surface area contributed by atoms with Gasteiger partial charge >= 0.3 is 12.3 Å². The fraction of sp³-hybridized carbons (Fsp3) is 0.333. The zero-order chi connectivity index (χ0) is 18.1. The highest BCUT2D eigenvalue weighted by Gasteiger charge is 2.31. The smallest absolute Gasteiger partial charge is 0.416 e. The van der Waals surface area contributed by atoms with Crippen LogP contribution in [0.1, 0.15) is 26.3 Å². The second-order valence-corrected chi connectivity index (χ2v) is 6.09. The Morgan fingerprint density at radius 3 is 2.42 bits per heavy atom. The lowest BCUT2D eigenvalue weighted by Gasteiger charge is -2.21. The van der Waals surface area contributed by atoms with Crippen molar-refractivity contribution in [3.05, 3.63) is 29.8 Å². The van der Waals surface area contributed by atoms with Crippen LogP contribution in [0.15, 0.2) is 24.3 Å². The normalized spacial score (nSPS) is 12.1. The third-order valence-corrected chi connectivity index (χ3v) is 2.87. The van der Waals surface area contributed by atoms with E-state index in [-0.39, 0.29) is 11.5 Å². The number of alkyl halides is 3. The summed E-state index contributed by atoms with van der Waals surface area (Å²) in [6, 6.07) is 4.41. The maximum atomic E-state index is 12.9. The highest BCUT2D eigenvalue weighted by atomic mass is 19.4. The van der Waals surface area contributed by atoms with E-state index in [4.69, 9.17) is 10.5 Å². The summed E-state index contributed by atoms with van der Waals surface area (Å²) in [5.74, 6) is 0.174. The van der Waals surface area contributed by atoms with Gasteiger partial charge in [-0.1, -0.05) is 6.07 Å². The van der Waals surface area contributed by atoms with Crippen LogP contribution in [-0.2, 0) is 10.9 Å². The van der Waals surface area contributed by atoms with Crippen LogP contribution in [0.25, 0.3) is 11.3 Å². The summed E-state index contributed by atoms with van der Waals surface area (Å²) in [4.78, 5) is 11.9. The predicted molar refractivity (Wildman–Crippen MR) is 83.3 cm³/mol. The number of anilines is 2. The molecule has 0 atom stereocenters. The Bertz CT molecular complexity index is 748.